The maximum atomic E-state index is 12.2. The maximum absolute atomic E-state index is 12.2. The molecule has 9 heteroatoms. The van der Waals surface area contributed by atoms with Crippen molar-refractivity contribution in [3.05, 3.63) is 39.6 Å². The third kappa shape index (κ3) is 4.39. The van der Waals surface area contributed by atoms with Crippen LogP contribution in [-0.2, 0) is 4.79 Å². The molecule has 0 aliphatic heterocycles. The first kappa shape index (κ1) is 18.1. The van der Waals surface area contributed by atoms with E-state index in [0.717, 1.165) is 0 Å². The van der Waals surface area contributed by atoms with E-state index in [1.165, 1.54) is 19.2 Å². The Morgan fingerprint density at radius 1 is 1.29 bits per heavy atom. The fourth-order valence-electron chi connectivity index (χ4n) is 1.95. The molecule has 1 heterocycles. The van der Waals surface area contributed by atoms with E-state index in [1.807, 2.05) is 0 Å². The minimum Gasteiger partial charge on any atom is -0.494 e. The number of ether oxygens (including phenoxy) is 1. The normalized spacial score (nSPS) is 10.3. The fraction of sp³-hybridized carbons (Fsp3) is 0.267. The number of aromatic nitrogens is 1. The van der Waals surface area contributed by atoms with Crippen LogP contribution < -0.4 is 15.4 Å². The standard InChI is InChI=1S/C15H15Cl2N3O4/c1-8-7-11(20-24-8)19-12(21)5-6-18-15(22)13-9(16)3-4-10(17)14(13)23-2/h3-4,7H,5-6H2,1-2H3,(H,18,22)(H,19,20,21). The first-order chi connectivity index (χ1) is 11.4. The molecule has 2 N–H and O–H groups in total. The number of methoxy groups -OCH3 is 1. The maximum Gasteiger partial charge on any atom is 0.256 e. The van der Waals surface area contributed by atoms with Gasteiger partial charge in [0.25, 0.3) is 5.91 Å². The SMILES string of the molecule is COc1c(Cl)ccc(Cl)c1C(=O)NCCC(=O)Nc1cc(C)on1. The number of nitrogens with zero attached hydrogens (tertiary/aromatic N) is 1. The van der Waals surface area contributed by atoms with Crippen molar-refractivity contribution in [2.75, 3.05) is 19.0 Å². The van der Waals surface area contributed by atoms with Gasteiger partial charge in [0.1, 0.15) is 11.3 Å². The molecule has 0 radical (unpaired) electrons. The molecule has 1 aromatic heterocycles. The summed E-state index contributed by atoms with van der Waals surface area (Å²) in [5, 5.41) is 9.27. The highest BCUT2D eigenvalue weighted by Gasteiger charge is 2.19. The Balaban J connectivity index is 1.92. The largest absolute Gasteiger partial charge is 0.494 e. The molecule has 2 rings (SSSR count). The van der Waals surface area contributed by atoms with Gasteiger partial charge in [-0.1, -0.05) is 28.4 Å². The van der Waals surface area contributed by atoms with Gasteiger partial charge in [-0.3, -0.25) is 9.59 Å². The Bertz CT molecular complexity index is 761. The lowest BCUT2D eigenvalue weighted by Gasteiger charge is -2.12. The van der Waals surface area contributed by atoms with E-state index in [-0.39, 0.29) is 40.2 Å². The summed E-state index contributed by atoms with van der Waals surface area (Å²) < 4.78 is 9.95. The molecular weight excluding hydrogens is 357 g/mol. The summed E-state index contributed by atoms with van der Waals surface area (Å²) in [4.78, 5) is 24.0. The summed E-state index contributed by atoms with van der Waals surface area (Å²) in [6.07, 6.45) is 0.0537. The third-order valence-electron chi connectivity index (χ3n) is 3.02. The van der Waals surface area contributed by atoms with Gasteiger partial charge in [0.05, 0.1) is 17.2 Å². The van der Waals surface area contributed by atoms with E-state index >= 15 is 0 Å². The van der Waals surface area contributed by atoms with Crippen molar-refractivity contribution in [1.29, 1.82) is 0 Å². The molecule has 128 valence electrons. The molecule has 0 saturated heterocycles. The number of halogens is 2. The molecule has 2 amide bonds. The molecule has 0 saturated carbocycles. The number of aryl methyl sites for hydroxylation is 1. The van der Waals surface area contributed by atoms with Crippen LogP contribution in [0.5, 0.6) is 5.75 Å². The van der Waals surface area contributed by atoms with Gasteiger partial charge in [-0.15, -0.1) is 0 Å². The molecule has 0 bridgehead atoms. The number of nitrogens with one attached hydrogen (secondary N) is 2. The Hall–Kier alpha value is -2.25. The van der Waals surface area contributed by atoms with Crippen molar-refractivity contribution in [1.82, 2.24) is 10.5 Å². The fourth-order valence-corrected chi connectivity index (χ4v) is 2.42. The molecule has 0 spiro atoms. The van der Waals surface area contributed by atoms with E-state index in [9.17, 15) is 9.59 Å². The van der Waals surface area contributed by atoms with Crippen LogP contribution in [0.15, 0.2) is 22.7 Å². The Morgan fingerprint density at radius 3 is 2.62 bits per heavy atom. The molecule has 0 fully saturated rings. The number of benzene rings is 1. The van der Waals surface area contributed by atoms with Gasteiger partial charge < -0.3 is 19.9 Å². The summed E-state index contributed by atoms with van der Waals surface area (Å²) >= 11 is 12.0. The summed E-state index contributed by atoms with van der Waals surface area (Å²) in [5.74, 6) is 0.297. The number of anilines is 1. The molecule has 0 aliphatic rings. The van der Waals surface area contributed by atoms with E-state index in [2.05, 4.69) is 15.8 Å². The predicted molar refractivity (Wildman–Crippen MR) is 89.8 cm³/mol. The lowest BCUT2D eigenvalue weighted by atomic mass is 10.2. The molecule has 7 nitrogen and oxygen atoms in total. The van der Waals surface area contributed by atoms with Gasteiger partial charge >= 0.3 is 0 Å². The van der Waals surface area contributed by atoms with E-state index < -0.39 is 5.91 Å². The van der Waals surface area contributed by atoms with Crippen LogP contribution in [0.4, 0.5) is 5.82 Å². The lowest BCUT2D eigenvalue weighted by molar-refractivity contribution is -0.116. The van der Waals surface area contributed by atoms with Gasteiger partial charge in [-0.05, 0) is 19.1 Å². The minimum atomic E-state index is -0.482. The first-order valence-electron chi connectivity index (χ1n) is 6.95. The van der Waals surface area contributed by atoms with Gasteiger partial charge in [0.2, 0.25) is 5.91 Å². The monoisotopic (exact) mass is 371 g/mol. The zero-order valence-corrected chi connectivity index (χ0v) is 14.5. The second-order valence-electron chi connectivity index (χ2n) is 4.81. The van der Waals surface area contributed by atoms with Gasteiger partial charge in [0, 0.05) is 19.0 Å². The number of rotatable bonds is 6. The summed E-state index contributed by atoms with van der Waals surface area (Å²) in [7, 11) is 1.39. The highest BCUT2D eigenvalue weighted by atomic mass is 35.5. The van der Waals surface area contributed by atoms with Crippen molar-refractivity contribution in [3.63, 3.8) is 0 Å². The molecular formula is C15H15Cl2N3O4. The highest BCUT2D eigenvalue weighted by molar-refractivity contribution is 6.37. The van der Waals surface area contributed by atoms with Crippen LogP contribution in [0.25, 0.3) is 0 Å². The van der Waals surface area contributed by atoms with Crippen LogP contribution >= 0.6 is 23.2 Å². The molecule has 0 unspecified atom stereocenters. The number of carbonyl (C=O) groups is 2. The average molecular weight is 372 g/mol. The van der Waals surface area contributed by atoms with Crippen molar-refractivity contribution in [3.8, 4) is 5.75 Å². The van der Waals surface area contributed by atoms with Gasteiger partial charge in [-0.2, -0.15) is 0 Å². The summed E-state index contributed by atoms with van der Waals surface area (Å²) in [6, 6.07) is 4.63. The average Bonchev–Trinajstić information content (AvgIpc) is 2.93. The van der Waals surface area contributed by atoms with E-state index in [4.69, 9.17) is 32.5 Å². The predicted octanol–water partition coefficient (Wildman–Crippen LogP) is 3.06. The quantitative estimate of drug-likeness (QED) is 0.813. The van der Waals surface area contributed by atoms with E-state index in [0.29, 0.717) is 11.6 Å². The van der Waals surface area contributed by atoms with Crippen LogP contribution in [0.1, 0.15) is 22.5 Å². The summed E-state index contributed by atoms with van der Waals surface area (Å²) in [5.41, 5.74) is 0.124. The summed E-state index contributed by atoms with van der Waals surface area (Å²) in [6.45, 7) is 1.82. The van der Waals surface area contributed by atoms with E-state index in [1.54, 1.807) is 13.0 Å². The number of hydrogen-bond donors (Lipinski definition) is 2. The zero-order valence-electron chi connectivity index (χ0n) is 13.0. The second kappa shape index (κ2) is 8.03. The van der Waals surface area contributed by atoms with Gasteiger partial charge in [0.15, 0.2) is 11.6 Å². The van der Waals surface area contributed by atoms with Crippen molar-refractivity contribution >= 4 is 40.8 Å². The molecule has 0 atom stereocenters. The Kier molecular flexibility index (Phi) is 6.05. The van der Waals surface area contributed by atoms with Crippen LogP contribution in [0.2, 0.25) is 10.0 Å². The lowest BCUT2D eigenvalue weighted by Crippen LogP contribution is -2.28. The number of carbonyl (C=O) groups excluding carboxylic acids is 2. The topological polar surface area (TPSA) is 93.5 Å². The van der Waals surface area contributed by atoms with Gasteiger partial charge in [-0.25, -0.2) is 0 Å². The smallest absolute Gasteiger partial charge is 0.256 e. The first-order valence-corrected chi connectivity index (χ1v) is 7.71. The Labute approximate surface area is 148 Å². The van der Waals surface area contributed by atoms with Crippen molar-refractivity contribution < 1.29 is 18.8 Å². The minimum absolute atomic E-state index is 0.0537. The van der Waals surface area contributed by atoms with Crippen LogP contribution in [0, 0.1) is 6.92 Å². The molecule has 1 aromatic carbocycles. The number of hydrogen-bond acceptors (Lipinski definition) is 5. The van der Waals surface area contributed by atoms with Crippen LogP contribution in [-0.4, -0.2) is 30.6 Å². The molecule has 24 heavy (non-hydrogen) atoms. The third-order valence-corrected chi connectivity index (χ3v) is 3.64. The van der Waals surface area contributed by atoms with Crippen molar-refractivity contribution in [2.45, 2.75) is 13.3 Å². The molecule has 2 aromatic rings. The molecule has 0 aliphatic carbocycles. The second-order valence-corrected chi connectivity index (χ2v) is 5.63. The highest BCUT2D eigenvalue weighted by Crippen LogP contribution is 2.33. The Morgan fingerprint density at radius 2 is 2.00 bits per heavy atom. The zero-order chi connectivity index (χ0) is 17.7. The van der Waals surface area contributed by atoms with Crippen LogP contribution in [0.3, 0.4) is 0 Å². The number of amides is 2. The van der Waals surface area contributed by atoms with Crippen molar-refractivity contribution in [2.24, 2.45) is 0 Å².